The van der Waals surface area contributed by atoms with Gasteiger partial charge in [-0.2, -0.15) is 0 Å². The molecule has 4 nitrogen and oxygen atoms in total. The summed E-state index contributed by atoms with van der Waals surface area (Å²) >= 11 is 6.20. The van der Waals surface area contributed by atoms with E-state index in [9.17, 15) is 0 Å². The van der Waals surface area contributed by atoms with Crippen molar-refractivity contribution in [1.29, 1.82) is 0 Å². The van der Waals surface area contributed by atoms with Gasteiger partial charge >= 0.3 is 0 Å². The van der Waals surface area contributed by atoms with Crippen molar-refractivity contribution < 1.29 is 4.74 Å². The van der Waals surface area contributed by atoms with Gasteiger partial charge in [-0.05, 0) is 49.7 Å². The molecule has 0 N–H and O–H groups in total. The fourth-order valence-corrected chi connectivity index (χ4v) is 4.29. The number of benzene rings is 2. The zero-order chi connectivity index (χ0) is 16.8. The van der Waals surface area contributed by atoms with Crippen molar-refractivity contribution in [2.24, 2.45) is 4.99 Å². The summed E-state index contributed by atoms with van der Waals surface area (Å²) in [5, 5.41) is 0.678. The minimum Gasteiger partial charge on any atom is -0.454 e. The number of fused-ring (bicyclic) bond motifs is 3. The van der Waals surface area contributed by atoms with Crippen molar-refractivity contribution in [3.05, 3.63) is 53.1 Å². The Morgan fingerprint density at radius 1 is 1.04 bits per heavy atom. The van der Waals surface area contributed by atoms with E-state index in [0.29, 0.717) is 11.1 Å². The zero-order valence-corrected chi connectivity index (χ0v) is 14.7. The number of piperazine rings is 1. The summed E-state index contributed by atoms with van der Waals surface area (Å²) in [6, 6.07) is 14.4. The number of amidine groups is 1. The molecule has 5 rings (SSSR count). The Kier molecular flexibility index (Phi) is 3.68. The molecule has 25 heavy (non-hydrogen) atoms. The molecule has 0 unspecified atom stereocenters. The van der Waals surface area contributed by atoms with E-state index in [-0.39, 0.29) is 0 Å². The predicted molar refractivity (Wildman–Crippen MR) is 100 cm³/mol. The molecule has 0 aromatic heterocycles. The molecule has 0 aliphatic carbocycles. The SMILES string of the molecule is Clc1ccc2c(c1)N=C(N1CCN3CCC[C@H]3C1)c1ccccc1O2. The Balaban J connectivity index is 1.60. The summed E-state index contributed by atoms with van der Waals surface area (Å²) in [5.41, 5.74) is 1.86. The van der Waals surface area contributed by atoms with Crippen LogP contribution in [0.4, 0.5) is 5.69 Å². The highest BCUT2D eigenvalue weighted by Crippen LogP contribution is 2.39. The molecule has 0 radical (unpaired) electrons. The highest BCUT2D eigenvalue weighted by Gasteiger charge is 2.33. The van der Waals surface area contributed by atoms with Crippen LogP contribution in [0.2, 0.25) is 5.02 Å². The van der Waals surface area contributed by atoms with E-state index < -0.39 is 0 Å². The molecule has 128 valence electrons. The summed E-state index contributed by atoms with van der Waals surface area (Å²) in [6.45, 7) is 4.38. The standard InChI is InChI=1S/C20H20ClN3O/c21-14-7-8-19-17(12-14)22-20(16-5-1-2-6-18(16)25-19)24-11-10-23-9-3-4-15(23)13-24/h1-2,5-8,12,15H,3-4,9-11,13H2/t15-/m0/s1. The van der Waals surface area contributed by atoms with Gasteiger partial charge < -0.3 is 9.64 Å². The third-order valence-corrected chi connectivity index (χ3v) is 5.62. The zero-order valence-electron chi connectivity index (χ0n) is 14.0. The van der Waals surface area contributed by atoms with E-state index in [1.165, 1.54) is 19.4 Å². The summed E-state index contributed by atoms with van der Waals surface area (Å²) in [5.74, 6) is 2.62. The van der Waals surface area contributed by atoms with Crippen molar-refractivity contribution in [2.75, 3.05) is 26.2 Å². The van der Waals surface area contributed by atoms with Gasteiger partial charge in [-0.15, -0.1) is 0 Å². The molecule has 2 fully saturated rings. The molecule has 3 aliphatic rings. The smallest absolute Gasteiger partial charge is 0.153 e. The second-order valence-electron chi connectivity index (χ2n) is 6.92. The third kappa shape index (κ3) is 2.70. The van der Waals surface area contributed by atoms with Crippen LogP contribution < -0.4 is 4.74 Å². The summed E-state index contributed by atoms with van der Waals surface area (Å²) in [7, 11) is 0. The van der Waals surface area contributed by atoms with Crippen LogP contribution in [0.1, 0.15) is 18.4 Å². The molecule has 3 heterocycles. The van der Waals surface area contributed by atoms with Gasteiger partial charge in [-0.1, -0.05) is 23.7 Å². The number of ether oxygens (including phenoxy) is 1. The first kappa shape index (κ1) is 15.2. The molecule has 0 saturated carbocycles. The topological polar surface area (TPSA) is 28.1 Å². The van der Waals surface area contributed by atoms with Gasteiger partial charge in [-0.25, -0.2) is 4.99 Å². The maximum absolute atomic E-state index is 6.20. The number of rotatable bonds is 0. The van der Waals surface area contributed by atoms with E-state index in [2.05, 4.69) is 15.9 Å². The quantitative estimate of drug-likeness (QED) is 0.706. The highest BCUT2D eigenvalue weighted by atomic mass is 35.5. The van der Waals surface area contributed by atoms with Gasteiger partial charge in [0.1, 0.15) is 17.3 Å². The van der Waals surface area contributed by atoms with Crippen LogP contribution in [-0.2, 0) is 0 Å². The Labute approximate surface area is 152 Å². The van der Waals surface area contributed by atoms with Gasteiger partial charge in [0.2, 0.25) is 0 Å². The van der Waals surface area contributed by atoms with Crippen molar-refractivity contribution in [3.8, 4) is 11.5 Å². The number of nitrogens with zero attached hydrogens (tertiary/aromatic N) is 3. The third-order valence-electron chi connectivity index (χ3n) is 5.38. The lowest BCUT2D eigenvalue weighted by Gasteiger charge is -2.39. The van der Waals surface area contributed by atoms with Gasteiger partial charge in [0.25, 0.3) is 0 Å². The molecule has 0 amide bonds. The first-order valence-electron chi connectivity index (χ1n) is 8.92. The van der Waals surface area contributed by atoms with E-state index in [1.807, 2.05) is 36.4 Å². The fourth-order valence-electron chi connectivity index (χ4n) is 4.12. The molecule has 2 saturated heterocycles. The molecular formula is C20H20ClN3O. The Bertz CT molecular complexity index is 851. The number of hydrogen-bond donors (Lipinski definition) is 0. The average Bonchev–Trinajstić information content (AvgIpc) is 3.03. The number of halogens is 1. The Morgan fingerprint density at radius 2 is 1.96 bits per heavy atom. The molecule has 2 aromatic rings. The molecule has 0 bridgehead atoms. The van der Waals surface area contributed by atoms with Crippen molar-refractivity contribution in [1.82, 2.24) is 9.80 Å². The van der Waals surface area contributed by atoms with Crippen LogP contribution in [0.15, 0.2) is 47.5 Å². The van der Waals surface area contributed by atoms with Gasteiger partial charge in [0, 0.05) is 30.7 Å². The Morgan fingerprint density at radius 3 is 2.92 bits per heavy atom. The maximum atomic E-state index is 6.20. The van der Waals surface area contributed by atoms with Crippen LogP contribution in [0, 0.1) is 0 Å². The molecular weight excluding hydrogens is 334 g/mol. The monoisotopic (exact) mass is 353 g/mol. The van der Waals surface area contributed by atoms with E-state index >= 15 is 0 Å². The lowest BCUT2D eigenvalue weighted by atomic mass is 10.1. The van der Waals surface area contributed by atoms with Gasteiger partial charge in [0.15, 0.2) is 5.75 Å². The van der Waals surface area contributed by atoms with E-state index in [4.69, 9.17) is 21.3 Å². The summed E-state index contributed by atoms with van der Waals surface area (Å²) < 4.78 is 6.15. The summed E-state index contributed by atoms with van der Waals surface area (Å²) in [4.78, 5) is 10.0. The minimum atomic E-state index is 0.645. The van der Waals surface area contributed by atoms with Crippen LogP contribution in [0.5, 0.6) is 11.5 Å². The van der Waals surface area contributed by atoms with E-state index in [0.717, 1.165) is 48.2 Å². The second kappa shape index (κ2) is 6.04. The fraction of sp³-hybridized carbons (Fsp3) is 0.350. The van der Waals surface area contributed by atoms with Gasteiger partial charge in [-0.3, -0.25) is 4.90 Å². The molecule has 0 spiro atoms. The first-order valence-corrected chi connectivity index (χ1v) is 9.30. The molecule has 1 atom stereocenters. The number of aliphatic imine (C=N–C) groups is 1. The minimum absolute atomic E-state index is 0.645. The van der Waals surface area contributed by atoms with Crippen molar-refractivity contribution in [2.45, 2.75) is 18.9 Å². The maximum Gasteiger partial charge on any atom is 0.153 e. The lowest BCUT2D eigenvalue weighted by Crippen LogP contribution is -2.52. The average molecular weight is 354 g/mol. The van der Waals surface area contributed by atoms with Crippen molar-refractivity contribution >= 4 is 23.1 Å². The predicted octanol–water partition coefficient (Wildman–Crippen LogP) is 4.30. The Hall–Kier alpha value is -2.04. The van der Waals surface area contributed by atoms with E-state index in [1.54, 1.807) is 0 Å². The van der Waals surface area contributed by atoms with Crippen LogP contribution in [-0.4, -0.2) is 47.9 Å². The lowest BCUT2D eigenvalue weighted by molar-refractivity contribution is 0.152. The van der Waals surface area contributed by atoms with Crippen LogP contribution in [0.3, 0.4) is 0 Å². The highest BCUT2D eigenvalue weighted by molar-refractivity contribution is 6.31. The van der Waals surface area contributed by atoms with Gasteiger partial charge in [0.05, 0.1) is 5.56 Å². The van der Waals surface area contributed by atoms with Crippen molar-refractivity contribution in [3.63, 3.8) is 0 Å². The largest absolute Gasteiger partial charge is 0.454 e. The first-order chi connectivity index (χ1) is 12.3. The number of hydrogen-bond acceptors (Lipinski definition) is 4. The molecule has 3 aliphatic heterocycles. The second-order valence-corrected chi connectivity index (χ2v) is 7.36. The molecule has 2 aromatic carbocycles. The van der Waals surface area contributed by atoms with Crippen LogP contribution >= 0.6 is 11.6 Å². The summed E-state index contributed by atoms with van der Waals surface area (Å²) in [6.07, 6.45) is 2.59. The normalized spacial score (nSPS) is 22.4. The number of para-hydroxylation sites is 1. The molecule has 5 heteroatoms. The van der Waals surface area contributed by atoms with Crippen LogP contribution in [0.25, 0.3) is 0 Å².